The quantitative estimate of drug-likeness (QED) is 0.887. The Kier molecular flexibility index (Phi) is 4.16. The van der Waals surface area contributed by atoms with Crippen molar-refractivity contribution < 1.29 is 13.6 Å². The normalized spacial score (nSPS) is 10.1. The molecule has 0 aliphatic rings. The average molecular weight is 279 g/mol. The molecule has 0 aromatic heterocycles. The third-order valence-corrected chi connectivity index (χ3v) is 2.23. The van der Waals surface area contributed by atoms with Crippen molar-refractivity contribution in [3.05, 3.63) is 28.2 Å². The molecule has 6 heteroatoms. The number of carbonyl (C=O) groups excluding carboxylic acids is 1. The lowest BCUT2D eigenvalue weighted by Crippen LogP contribution is -2.25. The van der Waals surface area contributed by atoms with Gasteiger partial charge in [-0.1, -0.05) is 0 Å². The van der Waals surface area contributed by atoms with Crippen LogP contribution in [-0.2, 0) is 4.79 Å². The number of anilines is 1. The van der Waals surface area contributed by atoms with Gasteiger partial charge in [0.15, 0.2) is 5.82 Å². The summed E-state index contributed by atoms with van der Waals surface area (Å²) in [6.45, 7) is 0.0588. The van der Waals surface area contributed by atoms with Crippen LogP contribution in [-0.4, -0.2) is 19.5 Å². The molecule has 0 bridgehead atoms. The predicted molar refractivity (Wildman–Crippen MR) is 56.6 cm³/mol. The van der Waals surface area contributed by atoms with Gasteiger partial charge in [0.2, 0.25) is 5.91 Å². The van der Waals surface area contributed by atoms with Crippen molar-refractivity contribution >= 4 is 27.5 Å². The van der Waals surface area contributed by atoms with E-state index in [0.717, 1.165) is 6.07 Å². The molecule has 0 saturated heterocycles. The Balaban J connectivity index is 2.90. The maximum Gasteiger partial charge on any atom is 0.238 e. The van der Waals surface area contributed by atoms with Crippen molar-refractivity contribution in [1.29, 1.82) is 0 Å². The summed E-state index contributed by atoms with van der Waals surface area (Å²) in [6, 6.07) is 1.79. The minimum Gasteiger partial charge on any atom is -0.322 e. The summed E-state index contributed by atoms with van der Waals surface area (Å²) in [4.78, 5) is 11.1. The Morgan fingerprint density at radius 3 is 2.67 bits per heavy atom. The van der Waals surface area contributed by atoms with Crippen LogP contribution in [0.15, 0.2) is 16.6 Å². The number of amides is 1. The summed E-state index contributed by atoms with van der Waals surface area (Å²) >= 11 is 2.96. The van der Waals surface area contributed by atoms with E-state index < -0.39 is 17.5 Å². The SMILES string of the molecule is CNCC(=O)Nc1c(F)cc(F)cc1Br. The number of likely N-dealkylation sites (N-methyl/N-ethyl adjacent to an activating group) is 1. The van der Waals surface area contributed by atoms with Crippen molar-refractivity contribution in [1.82, 2.24) is 5.32 Å². The van der Waals surface area contributed by atoms with Crippen LogP contribution < -0.4 is 10.6 Å². The minimum atomic E-state index is -0.814. The molecule has 0 aliphatic carbocycles. The summed E-state index contributed by atoms with van der Waals surface area (Å²) in [5, 5.41) is 4.93. The molecule has 0 unspecified atom stereocenters. The van der Waals surface area contributed by atoms with Crippen LogP contribution in [0.5, 0.6) is 0 Å². The molecule has 0 saturated carbocycles. The Hall–Kier alpha value is -1.01. The second-order valence-electron chi connectivity index (χ2n) is 2.82. The van der Waals surface area contributed by atoms with E-state index >= 15 is 0 Å². The van der Waals surface area contributed by atoms with Gasteiger partial charge < -0.3 is 10.6 Å². The molecule has 2 N–H and O–H groups in total. The molecule has 1 rings (SSSR count). The van der Waals surface area contributed by atoms with Crippen LogP contribution in [0.1, 0.15) is 0 Å². The third-order valence-electron chi connectivity index (χ3n) is 1.61. The van der Waals surface area contributed by atoms with Gasteiger partial charge in [0.1, 0.15) is 5.82 Å². The second-order valence-corrected chi connectivity index (χ2v) is 3.68. The van der Waals surface area contributed by atoms with E-state index in [9.17, 15) is 13.6 Å². The maximum atomic E-state index is 13.2. The minimum absolute atomic E-state index is 0.0587. The Labute approximate surface area is 94.0 Å². The molecule has 0 fully saturated rings. The number of nitrogens with one attached hydrogen (secondary N) is 2. The number of hydrogen-bond donors (Lipinski definition) is 2. The number of hydrogen-bond acceptors (Lipinski definition) is 2. The summed E-state index contributed by atoms with van der Waals surface area (Å²) in [6.07, 6.45) is 0. The molecule has 82 valence electrons. The Bertz CT molecular complexity index is 361. The van der Waals surface area contributed by atoms with Crippen LogP contribution in [0, 0.1) is 11.6 Å². The molecule has 3 nitrogen and oxygen atoms in total. The molecule has 0 radical (unpaired) electrons. The van der Waals surface area contributed by atoms with Gasteiger partial charge in [0.25, 0.3) is 0 Å². The monoisotopic (exact) mass is 278 g/mol. The molecule has 1 aromatic carbocycles. The molecular formula is C9H9BrF2N2O. The Morgan fingerprint density at radius 1 is 1.47 bits per heavy atom. The molecular weight excluding hydrogens is 270 g/mol. The zero-order valence-electron chi connectivity index (χ0n) is 7.90. The molecule has 0 spiro atoms. The summed E-state index contributed by atoms with van der Waals surface area (Å²) in [5.41, 5.74) is -0.0587. The first-order valence-corrected chi connectivity index (χ1v) is 4.93. The molecule has 0 aliphatic heterocycles. The first-order chi connectivity index (χ1) is 7.04. The van der Waals surface area contributed by atoms with Gasteiger partial charge in [-0.15, -0.1) is 0 Å². The lowest BCUT2D eigenvalue weighted by Gasteiger charge is -2.08. The van der Waals surface area contributed by atoms with Gasteiger partial charge in [0.05, 0.1) is 12.2 Å². The fourth-order valence-electron chi connectivity index (χ4n) is 1.01. The number of rotatable bonds is 3. The zero-order chi connectivity index (χ0) is 11.4. The van der Waals surface area contributed by atoms with E-state index in [1.807, 2.05) is 0 Å². The highest BCUT2D eigenvalue weighted by Gasteiger charge is 2.11. The van der Waals surface area contributed by atoms with E-state index in [-0.39, 0.29) is 16.7 Å². The van der Waals surface area contributed by atoms with Gasteiger partial charge in [-0.05, 0) is 29.0 Å². The van der Waals surface area contributed by atoms with Gasteiger partial charge in [-0.25, -0.2) is 8.78 Å². The lowest BCUT2D eigenvalue weighted by atomic mass is 10.3. The highest BCUT2D eigenvalue weighted by atomic mass is 79.9. The predicted octanol–water partition coefficient (Wildman–Crippen LogP) is 1.89. The molecule has 1 amide bonds. The standard InChI is InChI=1S/C9H9BrF2N2O/c1-13-4-8(15)14-9-6(10)2-5(11)3-7(9)12/h2-3,13H,4H2,1H3,(H,14,15). The van der Waals surface area contributed by atoms with Crippen molar-refractivity contribution in [2.24, 2.45) is 0 Å². The van der Waals surface area contributed by atoms with Gasteiger partial charge in [-0.2, -0.15) is 0 Å². The summed E-state index contributed by atoms with van der Waals surface area (Å²) in [5.74, 6) is -1.92. The molecule has 1 aromatic rings. The fraction of sp³-hybridized carbons (Fsp3) is 0.222. The van der Waals surface area contributed by atoms with E-state index in [4.69, 9.17) is 0 Å². The first-order valence-electron chi connectivity index (χ1n) is 4.13. The van der Waals surface area contributed by atoms with Crippen LogP contribution in [0.2, 0.25) is 0 Å². The lowest BCUT2D eigenvalue weighted by molar-refractivity contribution is -0.115. The topological polar surface area (TPSA) is 41.1 Å². The third kappa shape index (κ3) is 3.24. The highest BCUT2D eigenvalue weighted by molar-refractivity contribution is 9.10. The second kappa shape index (κ2) is 5.18. The zero-order valence-corrected chi connectivity index (χ0v) is 9.49. The van der Waals surface area contributed by atoms with Gasteiger partial charge >= 0.3 is 0 Å². The smallest absolute Gasteiger partial charge is 0.238 e. The van der Waals surface area contributed by atoms with Crippen LogP contribution >= 0.6 is 15.9 Å². The number of halogens is 3. The van der Waals surface area contributed by atoms with Crippen LogP contribution in [0.25, 0.3) is 0 Å². The van der Waals surface area contributed by atoms with Gasteiger partial charge in [0, 0.05) is 10.5 Å². The van der Waals surface area contributed by atoms with Crippen molar-refractivity contribution in [2.45, 2.75) is 0 Å². The highest BCUT2D eigenvalue weighted by Crippen LogP contribution is 2.26. The van der Waals surface area contributed by atoms with Crippen molar-refractivity contribution in [3.8, 4) is 0 Å². The summed E-state index contributed by atoms with van der Waals surface area (Å²) < 4.78 is 26.1. The van der Waals surface area contributed by atoms with E-state index in [1.54, 1.807) is 7.05 Å². The fourth-order valence-corrected chi connectivity index (χ4v) is 1.51. The largest absolute Gasteiger partial charge is 0.322 e. The van der Waals surface area contributed by atoms with E-state index in [2.05, 4.69) is 26.6 Å². The van der Waals surface area contributed by atoms with Crippen LogP contribution in [0.4, 0.5) is 14.5 Å². The Morgan fingerprint density at radius 2 is 2.13 bits per heavy atom. The number of benzene rings is 1. The van der Waals surface area contributed by atoms with Crippen LogP contribution in [0.3, 0.4) is 0 Å². The molecule has 0 heterocycles. The summed E-state index contributed by atoms with van der Waals surface area (Å²) in [7, 11) is 1.59. The van der Waals surface area contributed by atoms with E-state index in [1.165, 1.54) is 0 Å². The average Bonchev–Trinajstić information content (AvgIpc) is 2.11. The molecule has 0 atom stereocenters. The number of carbonyl (C=O) groups is 1. The van der Waals surface area contributed by atoms with Gasteiger partial charge in [-0.3, -0.25) is 4.79 Å². The molecule has 15 heavy (non-hydrogen) atoms. The maximum absolute atomic E-state index is 13.2. The van der Waals surface area contributed by atoms with E-state index in [0.29, 0.717) is 6.07 Å². The van der Waals surface area contributed by atoms with Crippen molar-refractivity contribution in [3.63, 3.8) is 0 Å². The van der Waals surface area contributed by atoms with Crippen molar-refractivity contribution in [2.75, 3.05) is 18.9 Å². The first kappa shape index (κ1) is 12.1.